The topological polar surface area (TPSA) is 97.6 Å². The van der Waals surface area contributed by atoms with E-state index in [0.29, 0.717) is 11.3 Å². The molecule has 0 spiro atoms. The number of benzene rings is 1. The molecule has 24 heavy (non-hydrogen) atoms. The first-order chi connectivity index (χ1) is 11.4. The Kier molecular flexibility index (Phi) is 6.13. The molecule has 2 rings (SSSR count). The highest BCUT2D eigenvalue weighted by Crippen LogP contribution is 2.15. The molecule has 1 heterocycles. The van der Waals surface area contributed by atoms with Crippen LogP contribution < -0.4 is 10.0 Å². The number of nitrogens with one attached hydrogen (secondary N) is 2. The Morgan fingerprint density at radius 1 is 1.25 bits per heavy atom. The fourth-order valence-corrected chi connectivity index (χ4v) is 3.05. The standard InChI is InChI=1S/C16H20N2O5S/c1-12(15-4-3-10-23-15)18-16(19)13-5-7-14(8-6-13)24(20,21)17-9-11-22-2/h3-8,10,12,17H,9,11H2,1-2H3,(H,18,19)/t12-/m0/s1. The van der Waals surface area contributed by atoms with Gasteiger partial charge >= 0.3 is 0 Å². The summed E-state index contributed by atoms with van der Waals surface area (Å²) in [6, 6.07) is 8.94. The van der Waals surface area contributed by atoms with Crippen LogP contribution in [0.25, 0.3) is 0 Å². The number of amides is 1. The summed E-state index contributed by atoms with van der Waals surface area (Å²) >= 11 is 0. The van der Waals surface area contributed by atoms with Gasteiger partial charge in [-0.15, -0.1) is 0 Å². The maximum absolute atomic E-state index is 12.2. The molecule has 8 heteroatoms. The molecule has 0 bridgehead atoms. The zero-order valence-corrected chi connectivity index (χ0v) is 14.3. The van der Waals surface area contributed by atoms with E-state index in [1.54, 1.807) is 19.1 Å². The van der Waals surface area contributed by atoms with Crippen molar-refractivity contribution >= 4 is 15.9 Å². The van der Waals surface area contributed by atoms with Gasteiger partial charge in [0.2, 0.25) is 10.0 Å². The first kappa shape index (κ1) is 18.2. The molecule has 7 nitrogen and oxygen atoms in total. The van der Waals surface area contributed by atoms with E-state index >= 15 is 0 Å². The third kappa shape index (κ3) is 4.67. The quantitative estimate of drug-likeness (QED) is 0.705. The number of sulfonamides is 1. The summed E-state index contributed by atoms with van der Waals surface area (Å²) in [5.74, 6) is 0.333. The normalized spacial score (nSPS) is 12.8. The zero-order valence-electron chi connectivity index (χ0n) is 13.5. The summed E-state index contributed by atoms with van der Waals surface area (Å²) in [4.78, 5) is 12.3. The summed E-state index contributed by atoms with van der Waals surface area (Å²) in [7, 11) is -2.12. The fourth-order valence-electron chi connectivity index (χ4n) is 2.04. The van der Waals surface area contributed by atoms with Crippen LogP contribution in [0.4, 0.5) is 0 Å². The second-order valence-electron chi connectivity index (χ2n) is 5.13. The number of methoxy groups -OCH3 is 1. The molecule has 130 valence electrons. The summed E-state index contributed by atoms with van der Waals surface area (Å²) < 4.78 is 36.5. The monoisotopic (exact) mass is 352 g/mol. The molecule has 2 N–H and O–H groups in total. The molecule has 0 saturated carbocycles. The van der Waals surface area contributed by atoms with Crippen LogP contribution in [0.2, 0.25) is 0 Å². The highest BCUT2D eigenvalue weighted by atomic mass is 32.2. The third-order valence-corrected chi connectivity index (χ3v) is 4.82. The average Bonchev–Trinajstić information content (AvgIpc) is 3.09. The Morgan fingerprint density at radius 3 is 2.54 bits per heavy atom. The van der Waals surface area contributed by atoms with E-state index in [2.05, 4.69) is 10.0 Å². The van der Waals surface area contributed by atoms with Crippen molar-refractivity contribution in [1.82, 2.24) is 10.0 Å². The van der Waals surface area contributed by atoms with Gasteiger partial charge in [-0.2, -0.15) is 0 Å². The van der Waals surface area contributed by atoms with Gasteiger partial charge in [0, 0.05) is 19.2 Å². The lowest BCUT2D eigenvalue weighted by atomic mass is 10.2. The third-order valence-electron chi connectivity index (χ3n) is 3.34. The van der Waals surface area contributed by atoms with Crippen LogP contribution in [0, 0.1) is 0 Å². The smallest absolute Gasteiger partial charge is 0.251 e. The largest absolute Gasteiger partial charge is 0.467 e. The van der Waals surface area contributed by atoms with Crippen molar-refractivity contribution in [2.24, 2.45) is 0 Å². The summed E-state index contributed by atoms with van der Waals surface area (Å²) in [5, 5.41) is 2.78. The van der Waals surface area contributed by atoms with Crippen LogP contribution >= 0.6 is 0 Å². The number of hydrogen-bond acceptors (Lipinski definition) is 5. The molecular formula is C16H20N2O5S. The SMILES string of the molecule is COCCNS(=O)(=O)c1ccc(C(=O)N[C@@H](C)c2ccco2)cc1. The number of hydrogen-bond donors (Lipinski definition) is 2. The Balaban J connectivity index is 2.02. The van der Waals surface area contributed by atoms with Gasteiger partial charge < -0.3 is 14.5 Å². The minimum atomic E-state index is -3.61. The minimum Gasteiger partial charge on any atom is -0.467 e. The molecule has 1 atom stereocenters. The van der Waals surface area contributed by atoms with E-state index in [-0.39, 0.29) is 30.0 Å². The van der Waals surface area contributed by atoms with Crippen LogP contribution in [0.5, 0.6) is 0 Å². The molecular weight excluding hydrogens is 332 g/mol. The van der Waals surface area contributed by atoms with Gasteiger partial charge in [-0.1, -0.05) is 0 Å². The molecule has 0 radical (unpaired) electrons. The van der Waals surface area contributed by atoms with Crippen molar-refractivity contribution in [3.8, 4) is 0 Å². The van der Waals surface area contributed by atoms with Crippen LogP contribution in [-0.4, -0.2) is 34.6 Å². The predicted octanol–water partition coefficient (Wildman–Crippen LogP) is 1.70. The Morgan fingerprint density at radius 2 is 1.96 bits per heavy atom. The van der Waals surface area contributed by atoms with Crippen molar-refractivity contribution in [3.63, 3.8) is 0 Å². The van der Waals surface area contributed by atoms with Gasteiger partial charge in [0.1, 0.15) is 5.76 Å². The van der Waals surface area contributed by atoms with Crippen molar-refractivity contribution < 1.29 is 22.4 Å². The summed E-state index contributed by atoms with van der Waals surface area (Å²) in [6.07, 6.45) is 1.54. The van der Waals surface area contributed by atoms with Crippen molar-refractivity contribution in [1.29, 1.82) is 0 Å². The molecule has 0 saturated heterocycles. The van der Waals surface area contributed by atoms with Gasteiger partial charge in [-0.25, -0.2) is 13.1 Å². The molecule has 1 amide bonds. The van der Waals surface area contributed by atoms with E-state index in [1.807, 2.05) is 0 Å². The number of rotatable bonds is 8. The Bertz CT molecular complexity index is 754. The lowest BCUT2D eigenvalue weighted by Crippen LogP contribution is -2.28. The van der Waals surface area contributed by atoms with Gasteiger partial charge in [0.25, 0.3) is 5.91 Å². The second-order valence-corrected chi connectivity index (χ2v) is 6.89. The maximum Gasteiger partial charge on any atom is 0.251 e. The highest BCUT2D eigenvalue weighted by molar-refractivity contribution is 7.89. The first-order valence-corrected chi connectivity index (χ1v) is 8.85. The zero-order chi connectivity index (χ0) is 17.6. The van der Waals surface area contributed by atoms with Crippen LogP contribution in [0.15, 0.2) is 52.0 Å². The van der Waals surface area contributed by atoms with Crippen molar-refractivity contribution in [2.45, 2.75) is 17.9 Å². The molecule has 0 aliphatic carbocycles. The van der Waals surface area contributed by atoms with Crippen molar-refractivity contribution in [2.75, 3.05) is 20.3 Å². The van der Waals surface area contributed by atoms with Gasteiger partial charge in [0.05, 0.1) is 23.8 Å². The molecule has 0 fully saturated rings. The number of furan rings is 1. The first-order valence-electron chi connectivity index (χ1n) is 7.37. The Labute approximate surface area is 141 Å². The van der Waals surface area contributed by atoms with E-state index in [0.717, 1.165) is 0 Å². The predicted molar refractivity (Wildman–Crippen MR) is 88.1 cm³/mol. The van der Waals surface area contributed by atoms with Crippen LogP contribution in [-0.2, 0) is 14.8 Å². The lowest BCUT2D eigenvalue weighted by Gasteiger charge is -2.12. The number of carbonyl (C=O) groups excluding carboxylic acids is 1. The maximum atomic E-state index is 12.2. The van der Waals surface area contributed by atoms with Gasteiger partial charge in [0.15, 0.2) is 0 Å². The minimum absolute atomic E-state index is 0.0919. The van der Waals surface area contributed by atoms with Crippen molar-refractivity contribution in [3.05, 3.63) is 54.0 Å². The molecule has 2 aromatic rings. The number of carbonyl (C=O) groups is 1. The van der Waals surface area contributed by atoms with Crippen LogP contribution in [0.3, 0.4) is 0 Å². The van der Waals surface area contributed by atoms with Gasteiger partial charge in [-0.3, -0.25) is 4.79 Å². The summed E-state index contributed by atoms with van der Waals surface area (Å²) in [5.41, 5.74) is 0.365. The summed E-state index contributed by atoms with van der Waals surface area (Å²) in [6.45, 7) is 2.27. The molecule has 1 aromatic carbocycles. The van der Waals surface area contributed by atoms with E-state index in [4.69, 9.17) is 9.15 Å². The average molecular weight is 352 g/mol. The lowest BCUT2D eigenvalue weighted by molar-refractivity contribution is 0.0935. The molecule has 0 unspecified atom stereocenters. The van der Waals surface area contributed by atoms with E-state index in [1.165, 1.54) is 37.6 Å². The molecule has 0 aliphatic rings. The highest BCUT2D eigenvalue weighted by Gasteiger charge is 2.16. The van der Waals surface area contributed by atoms with E-state index < -0.39 is 10.0 Å². The van der Waals surface area contributed by atoms with Crippen LogP contribution in [0.1, 0.15) is 29.1 Å². The molecule has 0 aliphatic heterocycles. The van der Waals surface area contributed by atoms with Gasteiger partial charge in [-0.05, 0) is 43.3 Å². The number of ether oxygens (including phenoxy) is 1. The second kappa shape index (κ2) is 8.09. The molecule has 1 aromatic heterocycles. The van der Waals surface area contributed by atoms with E-state index in [9.17, 15) is 13.2 Å². The fraction of sp³-hybridized carbons (Fsp3) is 0.312. The Hall–Kier alpha value is -2.16.